The minimum Gasteiger partial charge on any atom is -0.482 e. The first-order valence-electron chi connectivity index (χ1n) is 8.10. The maximum Gasteiger partial charge on any atom is 0.341 e. The molecule has 2 saturated heterocycles. The van der Waals surface area contributed by atoms with E-state index >= 15 is 0 Å². The van der Waals surface area contributed by atoms with Crippen molar-refractivity contribution in [3.05, 3.63) is 29.8 Å². The van der Waals surface area contributed by atoms with Crippen molar-refractivity contribution in [2.75, 3.05) is 33.0 Å². The molecule has 2 aliphatic rings. The van der Waals surface area contributed by atoms with Crippen LogP contribution < -0.4 is 4.74 Å². The van der Waals surface area contributed by atoms with Crippen LogP contribution in [0, 0.1) is 0 Å². The van der Waals surface area contributed by atoms with Crippen molar-refractivity contribution in [1.82, 2.24) is 4.90 Å². The van der Waals surface area contributed by atoms with E-state index in [2.05, 4.69) is 0 Å². The van der Waals surface area contributed by atoms with Gasteiger partial charge in [-0.15, -0.1) is 0 Å². The van der Waals surface area contributed by atoms with E-state index in [4.69, 9.17) is 19.3 Å². The van der Waals surface area contributed by atoms with Gasteiger partial charge in [0.15, 0.2) is 6.61 Å². The molecule has 1 amide bonds. The molecule has 3 rings (SSSR count). The van der Waals surface area contributed by atoms with E-state index < -0.39 is 12.6 Å². The highest BCUT2D eigenvalue weighted by atomic mass is 16.5. The maximum atomic E-state index is 12.9. The third-order valence-corrected chi connectivity index (χ3v) is 4.26. The average Bonchev–Trinajstić information content (AvgIpc) is 3.14. The molecule has 2 aliphatic heterocycles. The molecule has 2 atom stereocenters. The number of amides is 1. The molecule has 7 heteroatoms. The predicted molar refractivity (Wildman–Crippen MR) is 84.2 cm³/mol. The summed E-state index contributed by atoms with van der Waals surface area (Å²) in [6.45, 7) is 1.79. The molecule has 2 unspecified atom stereocenters. The molecule has 0 aromatic heterocycles. The smallest absolute Gasteiger partial charge is 0.341 e. The first kappa shape index (κ1) is 16.7. The van der Waals surface area contributed by atoms with E-state index in [0.29, 0.717) is 31.1 Å². The summed E-state index contributed by atoms with van der Waals surface area (Å²) < 4.78 is 16.4. The fourth-order valence-corrected chi connectivity index (χ4v) is 3.12. The highest BCUT2D eigenvalue weighted by Crippen LogP contribution is 2.24. The van der Waals surface area contributed by atoms with Crippen molar-refractivity contribution in [3.63, 3.8) is 0 Å². The molecular weight excluding hydrogens is 314 g/mol. The third kappa shape index (κ3) is 3.85. The second-order valence-corrected chi connectivity index (χ2v) is 5.90. The van der Waals surface area contributed by atoms with Gasteiger partial charge in [-0.3, -0.25) is 4.79 Å². The molecule has 0 saturated carbocycles. The number of nitrogens with zero attached hydrogens (tertiary/aromatic N) is 1. The van der Waals surface area contributed by atoms with E-state index in [1.54, 1.807) is 29.2 Å². The number of morpholine rings is 1. The van der Waals surface area contributed by atoms with Crippen molar-refractivity contribution in [2.45, 2.75) is 25.0 Å². The highest BCUT2D eigenvalue weighted by Gasteiger charge is 2.36. The van der Waals surface area contributed by atoms with Crippen LogP contribution in [0.1, 0.15) is 23.2 Å². The van der Waals surface area contributed by atoms with Crippen LogP contribution in [0.4, 0.5) is 0 Å². The second-order valence-electron chi connectivity index (χ2n) is 5.90. The number of carboxylic acid groups (broad SMARTS) is 1. The average molecular weight is 335 g/mol. The van der Waals surface area contributed by atoms with Crippen molar-refractivity contribution >= 4 is 11.9 Å². The molecule has 24 heavy (non-hydrogen) atoms. The standard InChI is InChI=1S/C17H21NO6/c19-16(20)11-24-13-4-1-3-12(9-13)17(21)18-6-8-22-10-14(18)15-5-2-7-23-15/h1,3-4,9,14-15H,2,5-8,10-11H2,(H,19,20). The van der Waals surface area contributed by atoms with E-state index in [9.17, 15) is 9.59 Å². The molecule has 2 fully saturated rings. The van der Waals surface area contributed by atoms with Crippen molar-refractivity contribution < 1.29 is 28.9 Å². The Balaban J connectivity index is 1.73. The number of hydrogen-bond donors (Lipinski definition) is 1. The molecule has 0 spiro atoms. The second kappa shape index (κ2) is 7.63. The molecule has 0 radical (unpaired) electrons. The minimum atomic E-state index is -1.06. The Morgan fingerprint density at radius 3 is 2.96 bits per heavy atom. The summed E-state index contributed by atoms with van der Waals surface area (Å²) in [5, 5.41) is 8.69. The number of hydrogen-bond acceptors (Lipinski definition) is 5. The largest absolute Gasteiger partial charge is 0.482 e. The normalized spacial score (nSPS) is 23.9. The minimum absolute atomic E-state index is 0.0145. The monoisotopic (exact) mass is 335 g/mol. The number of carboxylic acids is 1. The lowest BCUT2D eigenvalue weighted by molar-refractivity contribution is -0.139. The van der Waals surface area contributed by atoms with Gasteiger partial charge in [0.2, 0.25) is 0 Å². The number of rotatable bonds is 5. The molecule has 7 nitrogen and oxygen atoms in total. The number of ether oxygens (including phenoxy) is 3. The van der Waals surface area contributed by atoms with Crippen LogP contribution in [-0.2, 0) is 14.3 Å². The zero-order valence-electron chi connectivity index (χ0n) is 13.3. The first-order valence-corrected chi connectivity index (χ1v) is 8.10. The lowest BCUT2D eigenvalue weighted by Gasteiger charge is -2.38. The van der Waals surface area contributed by atoms with Gasteiger partial charge < -0.3 is 24.2 Å². The van der Waals surface area contributed by atoms with Crippen LogP contribution in [-0.4, -0.2) is 67.0 Å². The molecular formula is C17H21NO6. The Morgan fingerprint density at radius 2 is 2.21 bits per heavy atom. The van der Waals surface area contributed by atoms with Crippen LogP contribution in [0.5, 0.6) is 5.75 Å². The number of carbonyl (C=O) groups is 2. The van der Waals surface area contributed by atoms with E-state index in [1.165, 1.54) is 0 Å². The molecule has 0 aliphatic carbocycles. The third-order valence-electron chi connectivity index (χ3n) is 4.26. The van der Waals surface area contributed by atoms with Gasteiger partial charge in [-0.05, 0) is 31.0 Å². The van der Waals surface area contributed by atoms with Gasteiger partial charge in [0.1, 0.15) is 5.75 Å². The van der Waals surface area contributed by atoms with Crippen molar-refractivity contribution in [2.24, 2.45) is 0 Å². The molecule has 130 valence electrons. The van der Waals surface area contributed by atoms with E-state index in [0.717, 1.165) is 19.4 Å². The van der Waals surface area contributed by atoms with Gasteiger partial charge in [0.25, 0.3) is 5.91 Å². The summed E-state index contributed by atoms with van der Waals surface area (Å²) in [5.74, 6) is -0.803. The van der Waals surface area contributed by atoms with Crippen LogP contribution in [0.3, 0.4) is 0 Å². The molecule has 1 aromatic carbocycles. The Hall–Kier alpha value is -2.12. The summed E-state index contributed by atoms with van der Waals surface area (Å²) in [6.07, 6.45) is 1.95. The summed E-state index contributed by atoms with van der Waals surface area (Å²) in [4.78, 5) is 25.3. The fraction of sp³-hybridized carbons (Fsp3) is 0.529. The van der Waals surface area contributed by atoms with Gasteiger partial charge in [0, 0.05) is 18.7 Å². The van der Waals surface area contributed by atoms with Crippen LogP contribution in [0.15, 0.2) is 24.3 Å². The quantitative estimate of drug-likeness (QED) is 0.869. The SMILES string of the molecule is O=C(O)COc1cccc(C(=O)N2CCOCC2C2CCCO2)c1. The maximum absolute atomic E-state index is 12.9. The zero-order valence-corrected chi connectivity index (χ0v) is 13.3. The number of carbonyl (C=O) groups excluding carboxylic acids is 1. The van der Waals surface area contributed by atoms with E-state index in [-0.39, 0.29) is 18.1 Å². The van der Waals surface area contributed by atoms with Crippen molar-refractivity contribution in [3.8, 4) is 5.75 Å². The summed E-state index contributed by atoms with van der Waals surface area (Å²) >= 11 is 0. The Labute approximate surface area is 140 Å². The zero-order chi connectivity index (χ0) is 16.9. The lowest BCUT2D eigenvalue weighted by atomic mass is 10.0. The topological polar surface area (TPSA) is 85.3 Å². The Kier molecular flexibility index (Phi) is 5.32. The predicted octanol–water partition coefficient (Wildman–Crippen LogP) is 1.17. The molecule has 2 heterocycles. The van der Waals surface area contributed by atoms with Gasteiger partial charge in [-0.2, -0.15) is 0 Å². The molecule has 1 aromatic rings. The highest BCUT2D eigenvalue weighted by molar-refractivity contribution is 5.95. The van der Waals surface area contributed by atoms with Crippen molar-refractivity contribution in [1.29, 1.82) is 0 Å². The number of benzene rings is 1. The van der Waals surface area contributed by atoms with E-state index in [1.807, 2.05) is 0 Å². The van der Waals surface area contributed by atoms with Gasteiger partial charge >= 0.3 is 5.97 Å². The van der Waals surface area contributed by atoms with Gasteiger partial charge in [-0.25, -0.2) is 4.79 Å². The van der Waals surface area contributed by atoms with Gasteiger partial charge in [-0.1, -0.05) is 6.07 Å². The summed E-state index contributed by atoms with van der Waals surface area (Å²) in [6, 6.07) is 6.52. The summed E-state index contributed by atoms with van der Waals surface area (Å²) in [5.41, 5.74) is 0.475. The Morgan fingerprint density at radius 1 is 1.33 bits per heavy atom. The Bertz CT molecular complexity index is 598. The van der Waals surface area contributed by atoms with Gasteiger partial charge in [0.05, 0.1) is 25.4 Å². The summed E-state index contributed by atoms with van der Waals surface area (Å²) in [7, 11) is 0. The first-order chi connectivity index (χ1) is 11.6. The van der Waals surface area contributed by atoms with Crippen LogP contribution >= 0.6 is 0 Å². The molecule has 0 bridgehead atoms. The fourth-order valence-electron chi connectivity index (χ4n) is 3.12. The van der Waals surface area contributed by atoms with Crippen LogP contribution in [0.25, 0.3) is 0 Å². The number of aliphatic carboxylic acids is 1. The van der Waals surface area contributed by atoms with Crippen LogP contribution in [0.2, 0.25) is 0 Å². The lowest BCUT2D eigenvalue weighted by Crippen LogP contribution is -2.54. The molecule has 1 N–H and O–H groups in total.